The molecule has 21 heavy (non-hydrogen) atoms. The molecule has 0 radical (unpaired) electrons. The van der Waals surface area contributed by atoms with Gasteiger partial charge in [0.05, 0.1) is 5.56 Å². The van der Waals surface area contributed by atoms with Crippen LogP contribution in [0, 0.1) is 5.92 Å². The highest BCUT2D eigenvalue weighted by molar-refractivity contribution is 14.1. The summed E-state index contributed by atoms with van der Waals surface area (Å²) in [7, 11) is 0. The van der Waals surface area contributed by atoms with Crippen LogP contribution in [0.25, 0.3) is 0 Å². The summed E-state index contributed by atoms with van der Waals surface area (Å²) in [5.74, 6) is 0.328. The molecule has 0 atom stereocenters. The zero-order valence-corrected chi connectivity index (χ0v) is 16.9. The maximum absolute atomic E-state index is 11.3. The van der Waals surface area contributed by atoms with Crippen LogP contribution in [0.3, 0.4) is 0 Å². The second-order valence-electron chi connectivity index (χ2n) is 5.15. The molecule has 4 nitrogen and oxygen atoms in total. The molecule has 0 spiro atoms. The summed E-state index contributed by atoms with van der Waals surface area (Å²) >= 11 is 3.20. The second kappa shape index (κ2) is 11.2. The van der Waals surface area contributed by atoms with Gasteiger partial charge >= 0.3 is 11.9 Å². The van der Waals surface area contributed by atoms with Gasteiger partial charge in [-0.3, -0.25) is 4.79 Å². The molecule has 0 saturated heterocycles. The van der Waals surface area contributed by atoms with Gasteiger partial charge in [0.25, 0.3) is 0 Å². The van der Waals surface area contributed by atoms with Crippen LogP contribution in [0.15, 0.2) is 24.3 Å². The zero-order chi connectivity index (χ0) is 16.4. The first-order chi connectivity index (χ1) is 9.83. The Balaban J connectivity index is 0.000000433. The van der Waals surface area contributed by atoms with Crippen molar-refractivity contribution in [3.8, 4) is 0 Å². The highest BCUT2D eigenvalue weighted by Gasteiger charge is 2.13. The number of carbonyl (C=O) groups excluding carboxylic acids is 2. The van der Waals surface area contributed by atoms with Gasteiger partial charge in [0, 0.05) is 6.42 Å². The van der Waals surface area contributed by atoms with E-state index >= 15 is 0 Å². The van der Waals surface area contributed by atoms with E-state index in [2.05, 4.69) is 20.0 Å². The molecule has 118 valence electrons. The Kier molecular flexibility index (Phi) is 11.0. The third-order valence-corrected chi connectivity index (χ3v) is 3.42. The first-order valence-electron chi connectivity index (χ1n) is 6.56. The van der Waals surface area contributed by atoms with Crippen LogP contribution in [0.2, 0.25) is 0 Å². The number of hydrogen-bond donors (Lipinski definition) is 0. The summed E-state index contributed by atoms with van der Waals surface area (Å²) in [5, 5.41) is 0. The summed E-state index contributed by atoms with van der Waals surface area (Å²) in [6.07, 6.45) is 0.517. The van der Waals surface area contributed by atoms with Crippen LogP contribution < -0.4 is 0 Å². The molecule has 0 aliphatic heterocycles. The Hall–Kier alpha value is -0.380. The molecular weight excluding hydrogens is 498 g/mol. The number of benzene rings is 1. The zero-order valence-electron chi connectivity index (χ0n) is 12.6. The van der Waals surface area contributed by atoms with Gasteiger partial charge in [-0.1, -0.05) is 45.9 Å². The van der Waals surface area contributed by atoms with Gasteiger partial charge in [0.2, 0.25) is 0 Å². The van der Waals surface area contributed by atoms with Crippen LogP contribution in [0.4, 0.5) is 0 Å². The Morgan fingerprint density at radius 1 is 1.05 bits per heavy atom. The largest absolute Gasteiger partial charge is 0.394 e. The minimum atomic E-state index is -0.273. The third kappa shape index (κ3) is 8.60. The Morgan fingerprint density at radius 3 is 2.00 bits per heavy atom. The van der Waals surface area contributed by atoms with Crippen molar-refractivity contribution >= 4 is 58.0 Å². The van der Waals surface area contributed by atoms with Crippen molar-refractivity contribution in [1.29, 1.82) is 0 Å². The maximum Gasteiger partial charge on any atom is 0.347 e. The monoisotopic (exact) mass is 518 g/mol. The van der Waals surface area contributed by atoms with Gasteiger partial charge in [-0.2, -0.15) is 0 Å². The van der Waals surface area contributed by atoms with Crippen molar-refractivity contribution in [2.45, 2.75) is 40.0 Å². The summed E-state index contributed by atoms with van der Waals surface area (Å²) in [4.78, 5) is 21.7. The van der Waals surface area contributed by atoms with Crippen molar-refractivity contribution in [2.75, 3.05) is 0 Å². The minimum absolute atomic E-state index is 0.138. The van der Waals surface area contributed by atoms with Crippen molar-refractivity contribution in [3.63, 3.8) is 0 Å². The van der Waals surface area contributed by atoms with E-state index in [4.69, 9.17) is 0 Å². The number of hydrogen-bond acceptors (Lipinski definition) is 4. The van der Waals surface area contributed by atoms with Crippen molar-refractivity contribution in [1.82, 2.24) is 0 Å². The molecule has 0 fully saturated rings. The molecule has 1 aromatic rings. The summed E-state index contributed by atoms with van der Waals surface area (Å²) in [6, 6.07) is 7.51. The average molecular weight is 518 g/mol. The normalized spacial score (nSPS) is 9.90. The smallest absolute Gasteiger partial charge is 0.347 e. The molecule has 0 saturated carbocycles. The number of rotatable bonds is 4. The molecule has 0 N–H and O–H groups in total. The summed E-state index contributed by atoms with van der Waals surface area (Å²) in [5.41, 5.74) is 1.69. The molecule has 1 rings (SSSR count). The van der Waals surface area contributed by atoms with E-state index in [1.54, 1.807) is 52.1 Å². The third-order valence-electron chi connectivity index (χ3n) is 2.53. The lowest BCUT2D eigenvalue weighted by Crippen LogP contribution is -2.03. The number of carbonyl (C=O) groups is 2. The lowest BCUT2D eigenvalue weighted by Gasteiger charge is -2.09. The fourth-order valence-corrected chi connectivity index (χ4v) is 2.01. The van der Waals surface area contributed by atoms with Crippen LogP contribution in [-0.2, 0) is 10.9 Å². The molecular formula is C15H20I2O4. The van der Waals surface area contributed by atoms with E-state index in [1.165, 1.54) is 0 Å². The SMILES string of the molecule is CC(C)CC(=O)OI.CC(C)c1ccccc1C(=O)OI. The van der Waals surface area contributed by atoms with Crippen LogP contribution in [0.1, 0.15) is 56.0 Å². The van der Waals surface area contributed by atoms with Gasteiger partial charge in [-0.15, -0.1) is 0 Å². The van der Waals surface area contributed by atoms with Gasteiger partial charge in [0.15, 0.2) is 46.0 Å². The fraction of sp³-hybridized carbons (Fsp3) is 0.467. The minimum Gasteiger partial charge on any atom is -0.394 e. The molecule has 0 aromatic heterocycles. The molecule has 0 aliphatic rings. The van der Waals surface area contributed by atoms with E-state index in [0.29, 0.717) is 23.8 Å². The highest BCUT2D eigenvalue weighted by atomic mass is 127. The first kappa shape index (κ1) is 20.6. The van der Waals surface area contributed by atoms with Gasteiger partial charge < -0.3 is 6.13 Å². The van der Waals surface area contributed by atoms with Crippen LogP contribution >= 0.6 is 46.0 Å². The van der Waals surface area contributed by atoms with Gasteiger partial charge in [-0.25, -0.2) is 4.79 Å². The number of halogens is 2. The fourth-order valence-electron chi connectivity index (χ4n) is 1.59. The summed E-state index contributed by atoms with van der Waals surface area (Å²) < 4.78 is 9.05. The Bertz CT molecular complexity index is 459. The topological polar surface area (TPSA) is 52.6 Å². The van der Waals surface area contributed by atoms with E-state index in [9.17, 15) is 9.59 Å². The predicted molar refractivity (Wildman–Crippen MR) is 99.5 cm³/mol. The Labute approximate surface area is 154 Å². The quantitative estimate of drug-likeness (QED) is 0.512. The molecule has 0 heterocycles. The predicted octanol–water partition coefficient (Wildman–Crippen LogP) is 5.24. The van der Waals surface area contributed by atoms with Gasteiger partial charge in [-0.05, 0) is 23.5 Å². The Morgan fingerprint density at radius 2 is 1.62 bits per heavy atom. The van der Waals surface area contributed by atoms with Crippen LogP contribution in [0.5, 0.6) is 0 Å². The van der Waals surface area contributed by atoms with Crippen molar-refractivity contribution < 1.29 is 15.7 Å². The molecule has 0 unspecified atom stereocenters. The first-order valence-corrected chi connectivity index (χ1v) is 8.32. The average Bonchev–Trinajstić information content (AvgIpc) is 2.46. The van der Waals surface area contributed by atoms with E-state index in [-0.39, 0.29) is 11.9 Å². The lowest BCUT2D eigenvalue weighted by molar-refractivity contribution is -0.132. The molecule has 0 aliphatic carbocycles. The van der Waals surface area contributed by atoms with E-state index in [1.807, 2.05) is 32.0 Å². The van der Waals surface area contributed by atoms with Crippen molar-refractivity contribution in [3.05, 3.63) is 35.4 Å². The van der Waals surface area contributed by atoms with E-state index < -0.39 is 0 Å². The molecule has 0 bridgehead atoms. The highest BCUT2D eigenvalue weighted by Crippen LogP contribution is 2.20. The summed E-state index contributed by atoms with van der Waals surface area (Å²) in [6.45, 7) is 8.07. The molecule has 1 aromatic carbocycles. The van der Waals surface area contributed by atoms with Crippen molar-refractivity contribution in [2.24, 2.45) is 5.92 Å². The molecule has 6 heteroatoms. The molecule has 0 amide bonds. The van der Waals surface area contributed by atoms with E-state index in [0.717, 1.165) is 5.56 Å². The maximum atomic E-state index is 11.3. The van der Waals surface area contributed by atoms with Crippen LogP contribution in [-0.4, -0.2) is 11.9 Å². The standard InChI is InChI=1S/C10H11IO2.C5H9IO2/c1-7(2)8-5-3-4-6-9(8)10(12)13-11;1-4(2)3-5(7)8-6/h3-7H,1-2H3;4H,3H2,1-2H3. The lowest BCUT2D eigenvalue weighted by atomic mass is 9.97. The van der Waals surface area contributed by atoms with Gasteiger partial charge in [0.1, 0.15) is 0 Å². The second-order valence-corrected chi connectivity index (χ2v) is 6.03.